The number of carbonyl (C=O) groups is 2. The fourth-order valence-electron chi connectivity index (χ4n) is 2.73. The highest BCUT2D eigenvalue weighted by molar-refractivity contribution is 6.02. The number of nitrogens with zero attached hydrogens (tertiary/aromatic N) is 1. The minimum absolute atomic E-state index is 0.0401. The molecule has 0 aliphatic heterocycles. The van der Waals surface area contributed by atoms with Gasteiger partial charge in [-0.15, -0.1) is 6.42 Å². The highest BCUT2D eigenvalue weighted by Gasteiger charge is 2.14. The number of hydrogen-bond acceptors (Lipinski definition) is 3. The van der Waals surface area contributed by atoms with Gasteiger partial charge in [0.1, 0.15) is 0 Å². The first-order valence-electron chi connectivity index (χ1n) is 8.77. The summed E-state index contributed by atoms with van der Waals surface area (Å²) in [6, 6.07) is 13.2. The predicted octanol–water partition coefficient (Wildman–Crippen LogP) is 3.40. The molecule has 2 aromatic carbocycles. The molecule has 0 bridgehead atoms. The molecule has 0 heterocycles. The molecule has 2 aromatic rings. The molecule has 0 unspecified atom stereocenters. The first-order valence-corrected chi connectivity index (χ1v) is 8.77. The Morgan fingerprint density at radius 3 is 2.33 bits per heavy atom. The lowest BCUT2D eigenvalue weighted by atomic mass is 10.1. The van der Waals surface area contributed by atoms with Gasteiger partial charge < -0.3 is 5.32 Å². The van der Waals surface area contributed by atoms with E-state index in [1.165, 1.54) is 5.56 Å². The van der Waals surface area contributed by atoms with E-state index in [1.54, 1.807) is 0 Å². The van der Waals surface area contributed by atoms with E-state index < -0.39 is 11.9 Å². The third-order valence-corrected chi connectivity index (χ3v) is 4.09. The van der Waals surface area contributed by atoms with Gasteiger partial charge in [-0.05, 0) is 38.0 Å². The Kier molecular flexibility index (Phi) is 7.16. The molecule has 140 valence electrons. The lowest BCUT2D eigenvalue weighted by molar-refractivity contribution is -0.121. The molecule has 0 aliphatic rings. The summed E-state index contributed by atoms with van der Waals surface area (Å²) in [5.74, 6) is 2.15. The number of urea groups is 1. The normalized spacial score (nSPS) is 10.3. The number of imide groups is 1. The van der Waals surface area contributed by atoms with Crippen molar-refractivity contribution in [3.63, 3.8) is 0 Å². The summed E-state index contributed by atoms with van der Waals surface area (Å²) in [7, 11) is 0. The molecule has 0 fully saturated rings. The summed E-state index contributed by atoms with van der Waals surface area (Å²) in [6.07, 6.45) is 5.41. The Bertz CT molecular complexity index is 851. The zero-order valence-electron chi connectivity index (χ0n) is 16.0. The predicted molar refractivity (Wildman–Crippen MR) is 108 cm³/mol. The maximum atomic E-state index is 12.2. The summed E-state index contributed by atoms with van der Waals surface area (Å²) in [5.41, 5.74) is 4.94. The van der Waals surface area contributed by atoms with Crippen molar-refractivity contribution in [3.05, 3.63) is 64.7 Å². The summed E-state index contributed by atoms with van der Waals surface area (Å²) in [6.45, 7) is 6.80. The van der Waals surface area contributed by atoms with Crippen molar-refractivity contribution in [3.8, 4) is 12.3 Å². The van der Waals surface area contributed by atoms with Crippen LogP contribution in [-0.2, 0) is 11.3 Å². The molecule has 0 spiro atoms. The first kappa shape index (κ1) is 20.2. The molecule has 27 heavy (non-hydrogen) atoms. The molecule has 0 saturated heterocycles. The highest BCUT2D eigenvalue weighted by atomic mass is 16.2. The minimum Gasteiger partial charge on any atom is -0.307 e. The zero-order valence-corrected chi connectivity index (χ0v) is 16.0. The number of benzene rings is 2. The average Bonchev–Trinajstić information content (AvgIpc) is 2.59. The summed E-state index contributed by atoms with van der Waals surface area (Å²) in [4.78, 5) is 26.1. The second-order valence-electron chi connectivity index (χ2n) is 6.66. The Labute approximate surface area is 160 Å². The van der Waals surface area contributed by atoms with Crippen LogP contribution in [0.5, 0.6) is 0 Å². The van der Waals surface area contributed by atoms with Gasteiger partial charge in [0.25, 0.3) is 0 Å². The molecular weight excluding hydrogens is 338 g/mol. The van der Waals surface area contributed by atoms with E-state index in [9.17, 15) is 9.59 Å². The van der Waals surface area contributed by atoms with E-state index in [4.69, 9.17) is 6.42 Å². The molecular formula is C22H25N3O2. The fourth-order valence-corrected chi connectivity index (χ4v) is 2.73. The largest absolute Gasteiger partial charge is 0.325 e. The van der Waals surface area contributed by atoms with Crippen LogP contribution >= 0.6 is 0 Å². The number of aryl methyl sites for hydroxylation is 3. The van der Waals surface area contributed by atoms with E-state index >= 15 is 0 Å². The third kappa shape index (κ3) is 6.61. The van der Waals surface area contributed by atoms with Gasteiger partial charge in [-0.2, -0.15) is 0 Å². The Hall–Kier alpha value is -3.10. The first-order chi connectivity index (χ1) is 12.9. The number of anilines is 1. The molecule has 0 aliphatic carbocycles. The van der Waals surface area contributed by atoms with Gasteiger partial charge in [0.15, 0.2) is 0 Å². The molecule has 5 heteroatoms. The minimum atomic E-state index is -0.553. The molecule has 0 atom stereocenters. The Morgan fingerprint density at radius 2 is 1.70 bits per heavy atom. The van der Waals surface area contributed by atoms with Crippen LogP contribution in [0.1, 0.15) is 22.3 Å². The van der Waals surface area contributed by atoms with Gasteiger partial charge in [-0.25, -0.2) is 4.79 Å². The van der Waals surface area contributed by atoms with Crippen molar-refractivity contribution >= 4 is 17.6 Å². The van der Waals surface area contributed by atoms with Gasteiger partial charge in [0.2, 0.25) is 5.91 Å². The van der Waals surface area contributed by atoms with Crippen molar-refractivity contribution < 1.29 is 9.59 Å². The number of amides is 3. The van der Waals surface area contributed by atoms with Crippen LogP contribution in [0.3, 0.4) is 0 Å². The van der Waals surface area contributed by atoms with E-state index in [-0.39, 0.29) is 6.54 Å². The molecule has 3 amide bonds. The quantitative estimate of drug-likeness (QED) is 0.774. The van der Waals surface area contributed by atoms with Crippen molar-refractivity contribution in [2.45, 2.75) is 27.3 Å². The van der Waals surface area contributed by atoms with E-state index in [2.05, 4.69) is 16.6 Å². The third-order valence-electron chi connectivity index (χ3n) is 4.09. The molecule has 0 radical (unpaired) electrons. The lowest BCUT2D eigenvalue weighted by Crippen LogP contribution is -2.41. The monoisotopic (exact) mass is 363 g/mol. The van der Waals surface area contributed by atoms with E-state index in [0.29, 0.717) is 18.8 Å². The number of terminal acetylenes is 1. The van der Waals surface area contributed by atoms with Crippen LogP contribution in [0.4, 0.5) is 10.5 Å². The molecule has 0 aromatic heterocycles. The highest BCUT2D eigenvalue weighted by Crippen LogP contribution is 2.15. The van der Waals surface area contributed by atoms with Gasteiger partial charge in [-0.3, -0.25) is 15.0 Å². The summed E-state index contributed by atoms with van der Waals surface area (Å²) >= 11 is 0. The van der Waals surface area contributed by atoms with Crippen LogP contribution in [-0.4, -0.2) is 29.9 Å². The lowest BCUT2D eigenvalue weighted by Gasteiger charge is -2.19. The zero-order chi connectivity index (χ0) is 19.8. The Balaban J connectivity index is 1.91. The average molecular weight is 363 g/mol. The second-order valence-corrected chi connectivity index (χ2v) is 6.66. The number of nitrogens with one attached hydrogen (secondary N) is 2. The number of carbonyl (C=O) groups excluding carboxylic acids is 2. The maximum Gasteiger partial charge on any atom is 0.325 e. The topological polar surface area (TPSA) is 61.4 Å². The van der Waals surface area contributed by atoms with Crippen LogP contribution in [0.2, 0.25) is 0 Å². The SMILES string of the molecule is C#CCN(CC(=O)NC(=O)Nc1ccc(C)cc1C)Cc1ccc(C)cc1. The number of rotatable bonds is 6. The van der Waals surface area contributed by atoms with Gasteiger partial charge >= 0.3 is 6.03 Å². The van der Waals surface area contributed by atoms with Gasteiger partial charge in [0.05, 0.1) is 13.1 Å². The van der Waals surface area contributed by atoms with Crippen molar-refractivity contribution in [2.75, 3.05) is 18.4 Å². The number of hydrogen-bond donors (Lipinski definition) is 2. The fraction of sp³-hybridized carbons (Fsp3) is 0.273. The summed E-state index contributed by atoms with van der Waals surface area (Å²) < 4.78 is 0. The van der Waals surface area contributed by atoms with Gasteiger partial charge in [-0.1, -0.05) is 53.4 Å². The molecule has 2 N–H and O–H groups in total. The molecule has 0 saturated carbocycles. The molecule has 2 rings (SSSR count). The Morgan fingerprint density at radius 1 is 1.04 bits per heavy atom. The second kappa shape index (κ2) is 9.56. The van der Waals surface area contributed by atoms with Crippen LogP contribution in [0, 0.1) is 33.1 Å². The maximum absolute atomic E-state index is 12.2. The van der Waals surface area contributed by atoms with Crippen LogP contribution in [0.25, 0.3) is 0 Å². The van der Waals surface area contributed by atoms with Crippen molar-refractivity contribution in [1.82, 2.24) is 10.2 Å². The van der Waals surface area contributed by atoms with Crippen molar-refractivity contribution in [2.24, 2.45) is 0 Å². The van der Waals surface area contributed by atoms with Crippen LogP contribution < -0.4 is 10.6 Å². The standard InChI is InChI=1S/C22H25N3O2/c1-5-12-25(14-19-9-6-16(2)7-10-19)15-21(26)24-22(27)23-20-11-8-17(3)13-18(20)4/h1,6-11,13H,12,14-15H2,2-4H3,(H2,23,24,26,27). The van der Waals surface area contributed by atoms with E-state index in [1.807, 2.05) is 68.1 Å². The van der Waals surface area contributed by atoms with Crippen LogP contribution in [0.15, 0.2) is 42.5 Å². The smallest absolute Gasteiger partial charge is 0.307 e. The summed E-state index contributed by atoms with van der Waals surface area (Å²) in [5, 5.41) is 5.05. The molecule has 5 nitrogen and oxygen atoms in total. The van der Waals surface area contributed by atoms with Gasteiger partial charge in [0, 0.05) is 12.2 Å². The van der Waals surface area contributed by atoms with Crippen molar-refractivity contribution in [1.29, 1.82) is 0 Å². The van der Waals surface area contributed by atoms with E-state index in [0.717, 1.165) is 16.7 Å².